The Hall–Kier alpha value is -4.13. The Bertz CT molecular complexity index is 1580. The van der Waals surface area contributed by atoms with Crippen LogP contribution < -0.4 is 4.74 Å². The van der Waals surface area contributed by atoms with E-state index >= 15 is 0 Å². The first-order chi connectivity index (χ1) is 17.7. The van der Waals surface area contributed by atoms with E-state index in [4.69, 9.17) is 9.73 Å². The quantitative estimate of drug-likeness (QED) is 0.223. The van der Waals surface area contributed by atoms with Gasteiger partial charge in [0.2, 0.25) is 0 Å². The van der Waals surface area contributed by atoms with E-state index in [1.807, 2.05) is 39.8 Å². The Kier molecular flexibility index (Phi) is 7.07. The average Bonchev–Trinajstić information content (AvgIpc) is 3.32. The molecule has 5 rings (SSSR count). The number of aromatic nitrogens is 1. The van der Waals surface area contributed by atoms with E-state index in [-0.39, 0.29) is 12.6 Å². The lowest BCUT2D eigenvalue weighted by Crippen LogP contribution is -2.04. The number of aromatic amines is 1. The summed E-state index contributed by atoms with van der Waals surface area (Å²) in [4.78, 5) is 21.0. The van der Waals surface area contributed by atoms with Crippen molar-refractivity contribution in [2.75, 3.05) is 7.11 Å². The Balaban J connectivity index is 0.00000130. The van der Waals surface area contributed by atoms with Crippen LogP contribution in [-0.2, 0) is 0 Å². The van der Waals surface area contributed by atoms with Crippen LogP contribution in [0.1, 0.15) is 55.7 Å². The molecule has 0 spiro atoms. The zero-order chi connectivity index (χ0) is 27.0. The number of hydrogen-bond donors (Lipinski definition) is 1. The molecule has 1 N–H and O–H groups in total. The number of aliphatic imine (C=N–C) groups is 1. The molecule has 0 radical (unpaired) electrons. The van der Waals surface area contributed by atoms with Gasteiger partial charge in [0.25, 0.3) is 0 Å². The molecule has 37 heavy (non-hydrogen) atoms. The summed E-state index contributed by atoms with van der Waals surface area (Å²) in [6, 6.07) is 8.86. The van der Waals surface area contributed by atoms with Crippen molar-refractivity contribution in [3.05, 3.63) is 88.9 Å². The summed E-state index contributed by atoms with van der Waals surface area (Å²) in [5, 5.41) is 0.556. The van der Waals surface area contributed by atoms with Crippen LogP contribution in [0.4, 0.5) is 18.9 Å². The molecule has 0 fully saturated rings. The summed E-state index contributed by atoms with van der Waals surface area (Å²) in [7, 11) is 1.59. The number of methoxy groups -OCH3 is 1. The lowest BCUT2D eigenvalue weighted by Gasteiger charge is -2.23. The van der Waals surface area contributed by atoms with Crippen LogP contribution in [0, 0.1) is 24.4 Å². The summed E-state index contributed by atoms with van der Waals surface area (Å²) in [5.41, 5.74) is 6.64. The van der Waals surface area contributed by atoms with Gasteiger partial charge in [-0.1, -0.05) is 38.6 Å². The molecule has 1 aromatic heterocycles. The first-order valence-corrected chi connectivity index (χ1v) is 11.9. The number of carbonyl (C=O) groups excluding carboxylic acids is 1. The van der Waals surface area contributed by atoms with Gasteiger partial charge in [0.05, 0.1) is 12.6 Å². The normalized spacial score (nSPS) is 12.5. The fourth-order valence-corrected chi connectivity index (χ4v) is 4.72. The topological polar surface area (TPSA) is 54.5 Å². The third kappa shape index (κ3) is 4.35. The summed E-state index contributed by atoms with van der Waals surface area (Å²) in [5.74, 6) is -4.48. The molecule has 1 aliphatic heterocycles. The van der Waals surface area contributed by atoms with E-state index in [0.717, 1.165) is 33.5 Å². The number of halogens is 3. The van der Waals surface area contributed by atoms with Crippen molar-refractivity contribution >= 4 is 33.7 Å². The van der Waals surface area contributed by atoms with E-state index < -0.39 is 23.2 Å². The molecule has 0 bridgehead atoms. The number of fused-ring (bicyclic) bond motifs is 2. The maximum atomic E-state index is 13.8. The summed E-state index contributed by atoms with van der Waals surface area (Å²) in [6.45, 7) is 12.1. The van der Waals surface area contributed by atoms with Crippen molar-refractivity contribution in [1.29, 1.82) is 0 Å². The molecule has 7 heteroatoms. The molecule has 0 atom stereocenters. The van der Waals surface area contributed by atoms with Gasteiger partial charge in [-0.3, -0.25) is 9.79 Å². The van der Waals surface area contributed by atoms with Crippen molar-refractivity contribution in [3.63, 3.8) is 0 Å². The first kappa shape index (κ1) is 25.9. The number of carbonyl (C=O) groups is 1. The second-order valence-corrected chi connectivity index (χ2v) is 8.64. The van der Waals surface area contributed by atoms with Gasteiger partial charge in [0.15, 0.2) is 29.0 Å². The summed E-state index contributed by atoms with van der Waals surface area (Å²) < 4.78 is 46.7. The largest absolute Gasteiger partial charge is 0.494 e. The van der Waals surface area contributed by atoms with E-state index in [9.17, 15) is 18.0 Å². The van der Waals surface area contributed by atoms with Gasteiger partial charge in [-0.25, -0.2) is 13.2 Å². The van der Waals surface area contributed by atoms with Crippen molar-refractivity contribution < 1.29 is 24.1 Å². The molecule has 4 nitrogen and oxygen atoms in total. The molecule has 1 aliphatic rings. The highest BCUT2D eigenvalue weighted by Crippen LogP contribution is 2.48. The van der Waals surface area contributed by atoms with Crippen LogP contribution in [0.5, 0.6) is 5.75 Å². The number of rotatable bonds is 4. The monoisotopic (exact) mass is 506 g/mol. The number of aryl methyl sites for hydroxylation is 1. The van der Waals surface area contributed by atoms with Crippen molar-refractivity contribution in [3.8, 4) is 16.9 Å². The third-order valence-corrected chi connectivity index (χ3v) is 6.28. The van der Waals surface area contributed by atoms with Crippen LogP contribution in [0.3, 0.4) is 0 Å². The minimum absolute atomic E-state index is 0. The van der Waals surface area contributed by atoms with Gasteiger partial charge in [0.1, 0.15) is 5.69 Å². The maximum Gasteiger partial charge on any atom is 0.195 e. The molecular formula is C30H29F3N2O2. The van der Waals surface area contributed by atoms with Gasteiger partial charge < -0.3 is 9.72 Å². The zero-order valence-corrected chi connectivity index (χ0v) is 21.4. The molecule has 0 aliphatic carbocycles. The molecule has 0 amide bonds. The predicted octanol–water partition coefficient (Wildman–Crippen LogP) is 8.58. The number of hydrogen-bond acceptors (Lipinski definition) is 3. The zero-order valence-electron chi connectivity index (χ0n) is 21.4. The highest BCUT2D eigenvalue weighted by Gasteiger charge is 2.25. The maximum absolute atomic E-state index is 13.8. The lowest BCUT2D eigenvalue weighted by atomic mass is 9.89. The number of ether oxygens (including phenoxy) is 1. The standard InChI is InChI=1S/C28H21F3N2O2.C2H6.H2/c1-13-8-15(3)33-26-19(13)9-14(2)23(28(26)35-4)18-7-5-6-17-20(12-32-25(17)18)27(34)16-10-21(29)24(31)22(30)11-16;1-2;/h5-7,9-12,32H,1,8H2,2-4H3;1-2H3;1H. The Morgan fingerprint density at radius 2 is 1.76 bits per heavy atom. The minimum Gasteiger partial charge on any atom is -0.494 e. The van der Waals surface area contributed by atoms with Crippen LogP contribution in [0.15, 0.2) is 54.2 Å². The Morgan fingerprint density at radius 1 is 1.08 bits per heavy atom. The van der Waals surface area contributed by atoms with Crippen LogP contribution in [0.25, 0.3) is 27.6 Å². The van der Waals surface area contributed by atoms with Crippen LogP contribution in [0.2, 0.25) is 0 Å². The molecule has 2 heterocycles. The van der Waals surface area contributed by atoms with Gasteiger partial charge in [-0.2, -0.15) is 0 Å². The molecular weight excluding hydrogens is 477 g/mol. The molecule has 192 valence electrons. The van der Waals surface area contributed by atoms with Crippen LogP contribution >= 0.6 is 0 Å². The summed E-state index contributed by atoms with van der Waals surface area (Å²) >= 11 is 0. The Labute approximate surface area is 215 Å². The number of para-hydroxylation sites is 1. The van der Waals surface area contributed by atoms with Crippen molar-refractivity contribution in [1.82, 2.24) is 4.98 Å². The number of allylic oxidation sites excluding steroid dienone is 1. The second kappa shape index (κ2) is 10.1. The van der Waals surface area contributed by atoms with Gasteiger partial charge in [-0.05, 0) is 43.2 Å². The van der Waals surface area contributed by atoms with E-state index in [1.54, 1.807) is 19.2 Å². The molecule has 3 aromatic carbocycles. The van der Waals surface area contributed by atoms with E-state index in [0.29, 0.717) is 40.9 Å². The number of nitrogens with zero attached hydrogens (tertiary/aromatic N) is 1. The first-order valence-electron chi connectivity index (χ1n) is 11.9. The van der Waals surface area contributed by atoms with Gasteiger partial charge in [0, 0.05) is 53.0 Å². The lowest BCUT2D eigenvalue weighted by molar-refractivity contribution is 0.103. The average molecular weight is 507 g/mol. The fraction of sp³-hybridized carbons (Fsp3) is 0.200. The van der Waals surface area contributed by atoms with Gasteiger partial charge >= 0.3 is 0 Å². The highest BCUT2D eigenvalue weighted by atomic mass is 19.2. The molecule has 0 saturated carbocycles. The minimum atomic E-state index is -1.61. The fourth-order valence-electron chi connectivity index (χ4n) is 4.72. The molecule has 0 saturated heterocycles. The Morgan fingerprint density at radius 3 is 2.41 bits per heavy atom. The SMILES string of the molecule is C=C1CC(C)=Nc2c1cc(C)c(-c1cccc3c(C(=O)c4cc(F)c(F)c(F)c4)c[nH]c13)c2OC.CC.[HH]. The second-order valence-electron chi connectivity index (χ2n) is 8.64. The number of H-pyrrole nitrogens is 1. The number of nitrogens with one attached hydrogen (secondary N) is 1. The number of benzene rings is 3. The third-order valence-electron chi connectivity index (χ3n) is 6.28. The van der Waals surface area contributed by atoms with Gasteiger partial charge in [-0.15, -0.1) is 0 Å². The smallest absolute Gasteiger partial charge is 0.195 e. The van der Waals surface area contributed by atoms with Crippen molar-refractivity contribution in [2.45, 2.75) is 34.1 Å². The highest BCUT2D eigenvalue weighted by molar-refractivity contribution is 6.18. The predicted molar refractivity (Wildman–Crippen MR) is 145 cm³/mol. The van der Waals surface area contributed by atoms with Crippen molar-refractivity contribution in [2.24, 2.45) is 4.99 Å². The number of ketones is 1. The summed E-state index contributed by atoms with van der Waals surface area (Å²) in [6.07, 6.45) is 2.18. The molecule has 0 unspecified atom stereocenters. The molecule has 4 aromatic rings. The van der Waals surface area contributed by atoms with E-state index in [1.165, 1.54) is 6.20 Å². The van der Waals surface area contributed by atoms with Crippen LogP contribution in [-0.4, -0.2) is 23.6 Å². The van der Waals surface area contributed by atoms with E-state index in [2.05, 4.69) is 11.6 Å².